The minimum Gasteiger partial charge on any atom is -0.377 e. The molecule has 1 unspecified atom stereocenters. The Morgan fingerprint density at radius 3 is 3.10 bits per heavy atom. The Kier molecular flexibility index (Phi) is 3.57. The number of amides is 1. The van der Waals surface area contributed by atoms with Crippen molar-refractivity contribution in [3.8, 4) is 0 Å². The third-order valence-electron chi connectivity index (χ3n) is 3.44. The van der Waals surface area contributed by atoms with E-state index in [-0.39, 0.29) is 5.91 Å². The minimum atomic E-state index is -0.421. The fourth-order valence-electron chi connectivity index (χ4n) is 2.38. The van der Waals surface area contributed by atoms with E-state index in [4.69, 9.17) is 4.74 Å². The minimum absolute atomic E-state index is 0.105. The molecule has 1 aliphatic heterocycles. The van der Waals surface area contributed by atoms with Gasteiger partial charge in [0, 0.05) is 20.6 Å². The summed E-state index contributed by atoms with van der Waals surface area (Å²) in [4.78, 5) is 29.9. The molecule has 3 heterocycles. The van der Waals surface area contributed by atoms with E-state index >= 15 is 0 Å². The van der Waals surface area contributed by atoms with Gasteiger partial charge in [-0.05, 0) is 0 Å². The summed E-state index contributed by atoms with van der Waals surface area (Å²) in [6.45, 7) is 1.45. The van der Waals surface area contributed by atoms with Crippen LogP contribution in [0.3, 0.4) is 0 Å². The molecule has 2 aromatic rings. The zero-order valence-electron chi connectivity index (χ0n) is 11.9. The molecule has 1 aliphatic rings. The smallest absolute Gasteiger partial charge is 0.244 e. The lowest BCUT2D eigenvalue weighted by Crippen LogP contribution is -2.53. The van der Waals surface area contributed by atoms with E-state index in [2.05, 4.69) is 30.6 Å². The Bertz CT molecular complexity index is 656. The van der Waals surface area contributed by atoms with Crippen LogP contribution in [0.15, 0.2) is 6.33 Å². The van der Waals surface area contributed by atoms with E-state index in [1.807, 2.05) is 4.90 Å². The molecule has 1 saturated heterocycles. The number of nitrogens with one attached hydrogen (secondary N) is 3. The van der Waals surface area contributed by atoms with Gasteiger partial charge in [-0.25, -0.2) is 4.98 Å². The van der Waals surface area contributed by atoms with Crippen molar-refractivity contribution in [3.05, 3.63) is 6.33 Å². The normalized spacial score (nSPS) is 18.8. The number of aromatic amines is 1. The molecule has 2 aromatic heterocycles. The summed E-state index contributed by atoms with van der Waals surface area (Å²) in [5.41, 5.74) is 1.27. The van der Waals surface area contributed by atoms with Crippen LogP contribution in [-0.4, -0.2) is 65.7 Å². The number of morpholine rings is 1. The highest BCUT2D eigenvalue weighted by atomic mass is 16.5. The molecule has 112 valence electrons. The van der Waals surface area contributed by atoms with Gasteiger partial charge in [-0.2, -0.15) is 9.97 Å². The number of rotatable bonds is 3. The molecule has 3 rings (SSSR count). The van der Waals surface area contributed by atoms with Crippen LogP contribution >= 0.6 is 0 Å². The highest BCUT2D eigenvalue weighted by molar-refractivity contribution is 5.90. The lowest BCUT2D eigenvalue weighted by atomic mass is 10.2. The second-order valence-electron chi connectivity index (χ2n) is 4.62. The summed E-state index contributed by atoms with van der Waals surface area (Å²) < 4.78 is 5.42. The van der Waals surface area contributed by atoms with Crippen molar-refractivity contribution in [1.29, 1.82) is 0 Å². The van der Waals surface area contributed by atoms with Gasteiger partial charge in [-0.3, -0.25) is 4.79 Å². The number of anilines is 2. The van der Waals surface area contributed by atoms with Gasteiger partial charge in [0.1, 0.15) is 11.6 Å². The number of ether oxygens (including phenoxy) is 1. The summed E-state index contributed by atoms with van der Waals surface area (Å²) in [5, 5.41) is 5.57. The molecular weight excluding hydrogens is 274 g/mol. The van der Waals surface area contributed by atoms with E-state index in [1.165, 1.54) is 0 Å². The van der Waals surface area contributed by atoms with E-state index in [0.29, 0.717) is 42.7 Å². The topological polar surface area (TPSA) is 108 Å². The SMILES string of the molecule is CNC(=O)C1COCCN1c1nc(NC)nc2nc[nH]c12. The molecule has 0 aromatic carbocycles. The zero-order valence-corrected chi connectivity index (χ0v) is 11.9. The molecule has 0 aliphatic carbocycles. The molecule has 9 heteroatoms. The standard InChI is InChI=1S/C12H17N7O2/c1-13-11(20)7-5-21-4-3-19(7)10-8-9(16-6-15-8)17-12(14-2)18-10/h6-7H,3-5H2,1-2H3,(H,13,20)(H2,14,15,16,17,18). The lowest BCUT2D eigenvalue weighted by Gasteiger charge is -2.35. The number of H-pyrrole nitrogens is 1. The van der Waals surface area contributed by atoms with Gasteiger partial charge in [-0.1, -0.05) is 0 Å². The van der Waals surface area contributed by atoms with Gasteiger partial charge < -0.3 is 25.3 Å². The Morgan fingerprint density at radius 1 is 1.48 bits per heavy atom. The Labute approximate surface area is 121 Å². The summed E-state index contributed by atoms with van der Waals surface area (Å²) in [6.07, 6.45) is 1.57. The molecule has 3 N–H and O–H groups in total. The number of carbonyl (C=O) groups excluding carboxylic acids is 1. The quantitative estimate of drug-likeness (QED) is 0.689. The zero-order chi connectivity index (χ0) is 14.8. The first kappa shape index (κ1) is 13.6. The largest absolute Gasteiger partial charge is 0.377 e. The Morgan fingerprint density at radius 2 is 2.33 bits per heavy atom. The molecule has 1 fully saturated rings. The van der Waals surface area contributed by atoms with Crippen LogP contribution in [0.4, 0.5) is 11.8 Å². The van der Waals surface area contributed by atoms with E-state index in [1.54, 1.807) is 20.4 Å². The first-order chi connectivity index (χ1) is 10.2. The Hall–Kier alpha value is -2.42. The van der Waals surface area contributed by atoms with Crippen LogP contribution in [0.25, 0.3) is 11.2 Å². The third-order valence-corrected chi connectivity index (χ3v) is 3.44. The van der Waals surface area contributed by atoms with Crippen LogP contribution in [-0.2, 0) is 9.53 Å². The molecule has 9 nitrogen and oxygen atoms in total. The number of likely N-dealkylation sites (N-methyl/N-ethyl adjacent to an activating group) is 1. The maximum atomic E-state index is 12.1. The van der Waals surface area contributed by atoms with Crippen molar-refractivity contribution >= 4 is 28.8 Å². The second kappa shape index (κ2) is 5.52. The molecule has 1 amide bonds. The highest BCUT2D eigenvalue weighted by Crippen LogP contribution is 2.25. The van der Waals surface area contributed by atoms with Crippen molar-refractivity contribution in [3.63, 3.8) is 0 Å². The van der Waals surface area contributed by atoms with E-state index in [9.17, 15) is 4.79 Å². The second-order valence-corrected chi connectivity index (χ2v) is 4.62. The number of hydrogen-bond donors (Lipinski definition) is 3. The van der Waals surface area contributed by atoms with Crippen molar-refractivity contribution in [2.24, 2.45) is 0 Å². The molecule has 0 spiro atoms. The number of fused-ring (bicyclic) bond motifs is 1. The monoisotopic (exact) mass is 291 g/mol. The van der Waals surface area contributed by atoms with Gasteiger partial charge in [0.2, 0.25) is 11.9 Å². The fraction of sp³-hybridized carbons (Fsp3) is 0.500. The number of hydrogen-bond acceptors (Lipinski definition) is 7. The number of aromatic nitrogens is 4. The predicted octanol–water partition coefficient (Wildman–Crippen LogP) is -0.654. The first-order valence-electron chi connectivity index (χ1n) is 6.69. The molecule has 1 atom stereocenters. The summed E-state index contributed by atoms with van der Waals surface area (Å²) in [7, 11) is 3.35. The van der Waals surface area contributed by atoms with Gasteiger partial charge in [-0.15, -0.1) is 0 Å². The summed E-state index contributed by atoms with van der Waals surface area (Å²) in [5.74, 6) is 1.01. The van der Waals surface area contributed by atoms with Crippen LogP contribution in [0.2, 0.25) is 0 Å². The van der Waals surface area contributed by atoms with Crippen molar-refractivity contribution in [2.75, 3.05) is 44.1 Å². The van der Waals surface area contributed by atoms with E-state index < -0.39 is 6.04 Å². The number of imidazole rings is 1. The molecular formula is C12H17N7O2. The van der Waals surface area contributed by atoms with Crippen LogP contribution in [0, 0.1) is 0 Å². The average molecular weight is 291 g/mol. The van der Waals surface area contributed by atoms with E-state index in [0.717, 1.165) is 0 Å². The maximum Gasteiger partial charge on any atom is 0.244 e. The molecule has 0 bridgehead atoms. The molecule has 0 saturated carbocycles. The van der Waals surface area contributed by atoms with Gasteiger partial charge in [0.25, 0.3) is 0 Å². The maximum absolute atomic E-state index is 12.1. The molecule has 21 heavy (non-hydrogen) atoms. The van der Waals surface area contributed by atoms with Gasteiger partial charge in [0.15, 0.2) is 11.5 Å². The van der Waals surface area contributed by atoms with Crippen molar-refractivity contribution in [1.82, 2.24) is 25.3 Å². The van der Waals surface area contributed by atoms with Crippen LogP contribution in [0.5, 0.6) is 0 Å². The number of nitrogens with zero attached hydrogens (tertiary/aromatic N) is 4. The molecule has 0 radical (unpaired) electrons. The average Bonchev–Trinajstić information content (AvgIpc) is 3.01. The van der Waals surface area contributed by atoms with Crippen molar-refractivity contribution < 1.29 is 9.53 Å². The van der Waals surface area contributed by atoms with Crippen LogP contribution < -0.4 is 15.5 Å². The lowest BCUT2D eigenvalue weighted by molar-refractivity contribution is -0.124. The summed E-state index contributed by atoms with van der Waals surface area (Å²) >= 11 is 0. The number of carbonyl (C=O) groups is 1. The van der Waals surface area contributed by atoms with Crippen molar-refractivity contribution in [2.45, 2.75) is 6.04 Å². The van der Waals surface area contributed by atoms with Gasteiger partial charge in [0.05, 0.1) is 19.5 Å². The Balaban J connectivity index is 2.08. The fourth-order valence-corrected chi connectivity index (χ4v) is 2.38. The first-order valence-corrected chi connectivity index (χ1v) is 6.69. The third kappa shape index (κ3) is 2.35. The highest BCUT2D eigenvalue weighted by Gasteiger charge is 2.31. The summed E-state index contributed by atoms with van der Waals surface area (Å²) in [6, 6.07) is -0.421. The van der Waals surface area contributed by atoms with Crippen LogP contribution in [0.1, 0.15) is 0 Å². The van der Waals surface area contributed by atoms with Gasteiger partial charge >= 0.3 is 0 Å². The predicted molar refractivity (Wildman–Crippen MR) is 77.3 cm³/mol.